The maximum absolute atomic E-state index is 13.0. The van der Waals surface area contributed by atoms with Gasteiger partial charge < -0.3 is 24.8 Å². The number of rotatable bonds is 9. The molecule has 0 bridgehead atoms. The van der Waals surface area contributed by atoms with Gasteiger partial charge in [-0.2, -0.15) is 0 Å². The molecule has 42 heavy (non-hydrogen) atoms. The fourth-order valence-corrected chi connectivity index (χ4v) is 5.89. The molecule has 2 N–H and O–H groups in total. The maximum atomic E-state index is 13.0. The fraction of sp³-hybridized carbons (Fsp3) is 0.258. The highest BCUT2D eigenvalue weighted by molar-refractivity contribution is 7.80. The Balaban J connectivity index is 1.53. The van der Waals surface area contributed by atoms with Crippen LogP contribution in [0.5, 0.6) is 5.75 Å². The van der Waals surface area contributed by atoms with Gasteiger partial charge in [0.05, 0.1) is 35.5 Å². The fourth-order valence-electron chi connectivity index (χ4n) is 5.56. The summed E-state index contributed by atoms with van der Waals surface area (Å²) in [6.07, 6.45) is 1.96. The lowest BCUT2D eigenvalue weighted by Gasteiger charge is -2.28. The van der Waals surface area contributed by atoms with Crippen molar-refractivity contribution < 1.29 is 14.5 Å². The van der Waals surface area contributed by atoms with E-state index in [2.05, 4.69) is 21.7 Å². The molecule has 1 saturated heterocycles. The summed E-state index contributed by atoms with van der Waals surface area (Å²) < 4.78 is 7.55. The number of hydrogen-bond donors (Lipinski definition) is 2. The Kier molecular flexibility index (Phi) is 8.21. The summed E-state index contributed by atoms with van der Waals surface area (Å²) in [5.41, 5.74) is 5.83. The van der Waals surface area contributed by atoms with Crippen LogP contribution < -0.4 is 15.4 Å². The van der Waals surface area contributed by atoms with Crippen LogP contribution in [0.1, 0.15) is 46.7 Å². The van der Waals surface area contributed by atoms with E-state index in [9.17, 15) is 14.9 Å². The predicted molar refractivity (Wildman–Crippen MR) is 165 cm³/mol. The molecule has 11 heteroatoms. The first-order chi connectivity index (χ1) is 20.2. The lowest BCUT2D eigenvalue weighted by atomic mass is 9.96. The number of carbonyl (C=O) groups is 1. The summed E-state index contributed by atoms with van der Waals surface area (Å²) in [6, 6.07) is 19.4. The van der Waals surface area contributed by atoms with Crippen molar-refractivity contribution in [3.05, 3.63) is 111 Å². The van der Waals surface area contributed by atoms with Crippen molar-refractivity contribution in [3.63, 3.8) is 0 Å². The lowest BCUT2D eigenvalue weighted by Crippen LogP contribution is -2.33. The van der Waals surface area contributed by atoms with Crippen LogP contribution in [0, 0.1) is 30.9 Å². The zero-order valence-corrected chi connectivity index (χ0v) is 24.6. The topological polar surface area (TPSA) is 115 Å². The van der Waals surface area contributed by atoms with E-state index in [0.29, 0.717) is 23.1 Å². The molecule has 0 unspecified atom stereocenters. The van der Waals surface area contributed by atoms with Gasteiger partial charge in [0.15, 0.2) is 5.11 Å². The van der Waals surface area contributed by atoms with Gasteiger partial charge in [0.1, 0.15) is 5.75 Å². The molecule has 10 nitrogen and oxygen atoms in total. The van der Waals surface area contributed by atoms with Gasteiger partial charge in [-0.3, -0.25) is 19.9 Å². The molecule has 0 spiro atoms. The molecule has 4 aromatic rings. The number of hydrogen-bond acceptors (Lipinski definition) is 6. The van der Waals surface area contributed by atoms with Crippen LogP contribution in [-0.4, -0.2) is 44.0 Å². The number of nitro benzene ring substituents is 1. The predicted octanol–water partition coefficient (Wildman–Crippen LogP) is 5.72. The van der Waals surface area contributed by atoms with Gasteiger partial charge in [0, 0.05) is 48.4 Å². The van der Waals surface area contributed by atoms with Crippen LogP contribution in [0.3, 0.4) is 0 Å². The van der Waals surface area contributed by atoms with E-state index in [0.717, 1.165) is 33.9 Å². The standard InChI is InChI=1S/C31H32N6O4S/c1-19-9-5-6-10-24(19)33-28(38)14-16-35-30(29(34-31(35)42)25-11-7-8-15-32-25)23-17-20(2)36(21(23)3)26-18-22(37(39)40)12-13-27(26)41-4/h5-13,15,17-18,29-30H,14,16H2,1-4H3,(H,33,38)(H,34,42)/t29-,30+/m0/s1. The number of pyridine rings is 1. The van der Waals surface area contributed by atoms with E-state index in [4.69, 9.17) is 17.0 Å². The number of nitrogens with zero attached hydrogens (tertiary/aromatic N) is 4. The van der Waals surface area contributed by atoms with Gasteiger partial charge in [0.25, 0.3) is 5.69 Å². The maximum Gasteiger partial charge on any atom is 0.271 e. The van der Waals surface area contributed by atoms with Crippen molar-refractivity contribution in [1.82, 2.24) is 19.8 Å². The minimum atomic E-state index is -0.418. The Labute approximate surface area is 249 Å². The number of benzene rings is 2. The number of carbonyl (C=O) groups excluding carboxylic acids is 1. The number of thiocarbonyl (C=S) groups is 1. The monoisotopic (exact) mass is 584 g/mol. The highest BCUT2D eigenvalue weighted by atomic mass is 32.1. The number of nitro groups is 1. The van der Waals surface area contributed by atoms with Crippen molar-refractivity contribution in [2.45, 2.75) is 39.3 Å². The van der Waals surface area contributed by atoms with Gasteiger partial charge in [0.2, 0.25) is 5.91 Å². The van der Waals surface area contributed by atoms with Gasteiger partial charge in [-0.05, 0) is 74.4 Å². The largest absolute Gasteiger partial charge is 0.495 e. The molecular weight excluding hydrogens is 552 g/mol. The van der Waals surface area contributed by atoms with Gasteiger partial charge in [-0.1, -0.05) is 24.3 Å². The number of aromatic nitrogens is 2. The van der Waals surface area contributed by atoms with Crippen molar-refractivity contribution in [2.75, 3.05) is 19.0 Å². The first-order valence-corrected chi connectivity index (χ1v) is 14.0. The Hall–Kier alpha value is -4.77. The molecule has 216 valence electrons. The van der Waals surface area contributed by atoms with Crippen LogP contribution in [0.4, 0.5) is 11.4 Å². The van der Waals surface area contributed by atoms with Gasteiger partial charge in [-0.25, -0.2) is 0 Å². The van der Waals surface area contributed by atoms with Crippen molar-refractivity contribution in [3.8, 4) is 11.4 Å². The van der Waals surface area contributed by atoms with Crippen LogP contribution in [0.2, 0.25) is 0 Å². The van der Waals surface area contributed by atoms with E-state index in [1.807, 2.05) is 72.7 Å². The zero-order valence-electron chi connectivity index (χ0n) is 23.8. The summed E-state index contributed by atoms with van der Waals surface area (Å²) in [4.78, 5) is 30.8. The molecular formula is C31H32N6O4S. The molecule has 0 aliphatic carbocycles. The molecule has 1 aliphatic heterocycles. The van der Waals surface area contributed by atoms with Crippen molar-refractivity contribution >= 4 is 34.6 Å². The summed E-state index contributed by atoms with van der Waals surface area (Å²) >= 11 is 5.81. The summed E-state index contributed by atoms with van der Waals surface area (Å²) in [5, 5.41) is 18.6. The number of para-hydroxylation sites is 1. The zero-order chi connectivity index (χ0) is 30.0. The number of non-ortho nitro benzene ring substituents is 1. The molecule has 1 aliphatic rings. The third-order valence-electron chi connectivity index (χ3n) is 7.60. The molecule has 0 radical (unpaired) electrons. The van der Waals surface area contributed by atoms with Gasteiger partial charge in [-0.15, -0.1) is 0 Å². The molecule has 2 aromatic heterocycles. The second-order valence-corrected chi connectivity index (χ2v) is 10.6. The second-order valence-electron chi connectivity index (χ2n) is 10.2. The smallest absolute Gasteiger partial charge is 0.271 e. The molecule has 0 saturated carbocycles. The highest BCUT2D eigenvalue weighted by Gasteiger charge is 2.41. The van der Waals surface area contributed by atoms with Crippen LogP contribution in [0.25, 0.3) is 5.69 Å². The molecule has 3 heterocycles. The van der Waals surface area contributed by atoms with E-state index < -0.39 is 4.92 Å². The Bertz CT molecular complexity index is 1650. The number of nitrogens with one attached hydrogen (secondary N) is 2. The quantitative estimate of drug-likeness (QED) is 0.146. The Morgan fingerprint density at radius 2 is 1.88 bits per heavy atom. The third-order valence-corrected chi connectivity index (χ3v) is 7.95. The van der Waals surface area contributed by atoms with Crippen molar-refractivity contribution in [2.24, 2.45) is 0 Å². The minimum Gasteiger partial charge on any atom is -0.495 e. The second kappa shape index (κ2) is 12.0. The summed E-state index contributed by atoms with van der Waals surface area (Å²) in [6.45, 7) is 6.25. The van der Waals surface area contributed by atoms with Crippen LogP contribution in [-0.2, 0) is 4.79 Å². The van der Waals surface area contributed by atoms with E-state index in [1.165, 1.54) is 12.1 Å². The van der Waals surface area contributed by atoms with Gasteiger partial charge >= 0.3 is 0 Å². The number of ether oxygens (including phenoxy) is 1. The SMILES string of the molecule is COc1ccc([N+](=O)[O-])cc1-n1c(C)cc([C@@H]2[C@H](c3ccccn3)NC(=S)N2CCC(=O)Nc2ccccc2C)c1C. The summed E-state index contributed by atoms with van der Waals surface area (Å²) in [7, 11) is 1.54. The number of aryl methyl sites for hydroxylation is 2. The molecule has 5 rings (SSSR count). The molecule has 2 aromatic carbocycles. The summed E-state index contributed by atoms with van der Waals surface area (Å²) in [5.74, 6) is 0.402. The number of amides is 1. The Morgan fingerprint density at radius 3 is 2.57 bits per heavy atom. The minimum absolute atomic E-state index is 0.0313. The number of anilines is 1. The van der Waals surface area contributed by atoms with E-state index >= 15 is 0 Å². The first-order valence-electron chi connectivity index (χ1n) is 13.5. The average Bonchev–Trinajstić information content (AvgIpc) is 3.47. The third kappa shape index (κ3) is 5.55. The Morgan fingerprint density at radius 1 is 1.12 bits per heavy atom. The lowest BCUT2D eigenvalue weighted by molar-refractivity contribution is -0.384. The number of methoxy groups -OCH3 is 1. The highest BCUT2D eigenvalue weighted by Crippen LogP contribution is 2.42. The van der Waals surface area contributed by atoms with Crippen molar-refractivity contribution in [1.29, 1.82) is 0 Å². The molecule has 1 amide bonds. The molecule has 2 atom stereocenters. The molecule has 1 fully saturated rings. The van der Waals surface area contributed by atoms with Crippen LogP contribution >= 0.6 is 12.2 Å². The van der Waals surface area contributed by atoms with Crippen LogP contribution in [0.15, 0.2) is 72.9 Å². The average molecular weight is 585 g/mol. The first kappa shape index (κ1) is 28.7. The van der Waals surface area contributed by atoms with E-state index in [1.54, 1.807) is 19.4 Å². The normalized spacial score (nSPS) is 16.3. The van der Waals surface area contributed by atoms with E-state index in [-0.39, 0.29) is 30.1 Å².